The van der Waals surface area contributed by atoms with Crippen LogP contribution >= 0.6 is 0 Å². The zero-order valence-corrected chi connectivity index (χ0v) is 10.1. The first-order valence-corrected chi connectivity index (χ1v) is 6.57. The number of Topliss-reactive ketones (excluding diaryl/α,β-unsaturated/α-hetero) is 1. The van der Waals surface area contributed by atoms with Gasteiger partial charge in [0, 0.05) is 17.4 Å². The van der Waals surface area contributed by atoms with E-state index in [1.54, 1.807) is 0 Å². The molecule has 18 heavy (non-hydrogen) atoms. The van der Waals surface area contributed by atoms with Crippen molar-refractivity contribution in [2.24, 2.45) is 5.92 Å². The van der Waals surface area contributed by atoms with E-state index in [1.165, 1.54) is 16.7 Å². The average molecular weight is 234 g/mol. The second-order valence-corrected chi connectivity index (χ2v) is 5.27. The lowest BCUT2D eigenvalue weighted by molar-refractivity contribution is 0.0919. The monoisotopic (exact) mass is 234 g/mol. The predicted molar refractivity (Wildman–Crippen MR) is 70.9 cm³/mol. The Morgan fingerprint density at radius 1 is 0.889 bits per heavy atom. The van der Waals surface area contributed by atoms with Crippen molar-refractivity contribution in [2.45, 2.75) is 18.8 Å². The summed E-state index contributed by atoms with van der Waals surface area (Å²) in [6.07, 6.45) is 2.03. The molecule has 0 unspecified atom stereocenters. The largest absolute Gasteiger partial charge is 0.294 e. The van der Waals surface area contributed by atoms with Crippen molar-refractivity contribution in [3.05, 3.63) is 70.8 Å². The van der Waals surface area contributed by atoms with Gasteiger partial charge in [-0.1, -0.05) is 48.5 Å². The first-order valence-electron chi connectivity index (χ1n) is 6.57. The van der Waals surface area contributed by atoms with Crippen LogP contribution in [0.2, 0.25) is 0 Å². The standard InChI is InChI=1S/C17H14O/c18-17-14-8-4-3-7-13(14)16-12-6-2-1-5-11(12)9-10-15(16)17/h1-8,15-16H,9-10H2/t15-,16-/m1/s1. The summed E-state index contributed by atoms with van der Waals surface area (Å²) in [6.45, 7) is 0. The van der Waals surface area contributed by atoms with Gasteiger partial charge in [0.05, 0.1) is 0 Å². The van der Waals surface area contributed by atoms with Crippen LogP contribution in [-0.2, 0) is 6.42 Å². The SMILES string of the molecule is O=C1c2ccccc2[C@H]2c3ccccc3CC[C@@H]12. The number of hydrogen-bond donors (Lipinski definition) is 0. The summed E-state index contributed by atoms with van der Waals surface area (Å²) in [6, 6.07) is 16.7. The van der Waals surface area contributed by atoms with Crippen LogP contribution in [0, 0.1) is 5.92 Å². The molecule has 1 nitrogen and oxygen atoms in total. The molecule has 2 aromatic rings. The van der Waals surface area contributed by atoms with Gasteiger partial charge in [-0.05, 0) is 29.5 Å². The summed E-state index contributed by atoms with van der Waals surface area (Å²) in [7, 11) is 0. The second-order valence-electron chi connectivity index (χ2n) is 5.27. The van der Waals surface area contributed by atoms with E-state index in [0.29, 0.717) is 11.7 Å². The van der Waals surface area contributed by atoms with E-state index in [-0.39, 0.29) is 5.92 Å². The molecule has 0 saturated heterocycles. The minimum absolute atomic E-state index is 0.178. The van der Waals surface area contributed by atoms with Crippen LogP contribution in [0.5, 0.6) is 0 Å². The number of rotatable bonds is 0. The van der Waals surface area contributed by atoms with Crippen molar-refractivity contribution in [1.29, 1.82) is 0 Å². The normalized spacial score (nSPS) is 24.3. The van der Waals surface area contributed by atoms with Crippen LogP contribution in [-0.4, -0.2) is 5.78 Å². The lowest BCUT2D eigenvalue weighted by Crippen LogP contribution is -2.21. The van der Waals surface area contributed by atoms with Gasteiger partial charge >= 0.3 is 0 Å². The molecule has 0 aromatic heterocycles. The minimum Gasteiger partial charge on any atom is -0.294 e. The van der Waals surface area contributed by atoms with Crippen molar-refractivity contribution in [3.8, 4) is 0 Å². The molecular formula is C17H14O. The number of benzene rings is 2. The molecule has 0 saturated carbocycles. The maximum Gasteiger partial charge on any atom is 0.167 e. The highest BCUT2D eigenvalue weighted by Crippen LogP contribution is 2.48. The molecule has 2 aliphatic carbocycles. The summed E-state index contributed by atoms with van der Waals surface area (Å²) >= 11 is 0. The van der Waals surface area contributed by atoms with Crippen LogP contribution in [0.25, 0.3) is 0 Å². The quantitative estimate of drug-likeness (QED) is 0.681. The summed E-state index contributed by atoms with van der Waals surface area (Å²) in [5.41, 5.74) is 4.97. The highest BCUT2D eigenvalue weighted by Gasteiger charge is 2.42. The van der Waals surface area contributed by atoms with E-state index in [0.717, 1.165) is 18.4 Å². The molecule has 0 bridgehead atoms. The number of aryl methyl sites for hydroxylation is 1. The Labute approximate surface area is 106 Å². The maximum absolute atomic E-state index is 12.4. The van der Waals surface area contributed by atoms with Crippen molar-refractivity contribution in [3.63, 3.8) is 0 Å². The van der Waals surface area contributed by atoms with Crippen LogP contribution in [0.1, 0.15) is 39.4 Å². The van der Waals surface area contributed by atoms with Crippen LogP contribution in [0.4, 0.5) is 0 Å². The summed E-state index contributed by atoms with van der Waals surface area (Å²) in [5, 5.41) is 0. The van der Waals surface area contributed by atoms with E-state index in [2.05, 4.69) is 30.3 Å². The third kappa shape index (κ3) is 1.19. The van der Waals surface area contributed by atoms with Crippen LogP contribution in [0.15, 0.2) is 48.5 Å². The van der Waals surface area contributed by atoms with Crippen molar-refractivity contribution >= 4 is 5.78 Å². The summed E-state index contributed by atoms with van der Waals surface area (Å²) in [5.74, 6) is 0.834. The topological polar surface area (TPSA) is 17.1 Å². The molecule has 0 aliphatic heterocycles. The third-order valence-electron chi connectivity index (χ3n) is 4.42. The molecule has 0 N–H and O–H groups in total. The van der Waals surface area contributed by atoms with Gasteiger partial charge in [-0.3, -0.25) is 4.79 Å². The Bertz CT molecular complexity index is 642. The fourth-order valence-electron chi connectivity index (χ4n) is 3.62. The van der Waals surface area contributed by atoms with E-state index < -0.39 is 0 Å². The van der Waals surface area contributed by atoms with E-state index in [4.69, 9.17) is 0 Å². The van der Waals surface area contributed by atoms with Gasteiger partial charge in [0.1, 0.15) is 0 Å². The van der Waals surface area contributed by atoms with Crippen LogP contribution < -0.4 is 0 Å². The zero-order chi connectivity index (χ0) is 12.1. The Morgan fingerprint density at radius 3 is 2.50 bits per heavy atom. The zero-order valence-electron chi connectivity index (χ0n) is 10.1. The van der Waals surface area contributed by atoms with Gasteiger partial charge in [-0.2, -0.15) is 0 Å². The Morgan fingerprint density at radius 2 is 1.61 bits per heavy atom. The smallest absolute Gasteiger partial charge is 0.167 e. The van der Waals surface area contributed by atoms with Gasteiger partial charge in [-0.25, -0.2) is 0 Å². The van der Waals surface area contributed by atoms with Gasteiger partial charge < -0.3 is 0 Å². The van der Waals surface area contributed by atoms with E-state index >= 15 is 0 Å². The molecule has 0 fully saturated rings. The average Bonchev–Trinajstić information content (AvgIpc) is 2.73. The first-order chi connectivity index (χ1) is 8.86. The van der Waals surface area contributed by atoms with Crippen molar-refractivity contribution in [1.82, 2.24) is 0 Å². The summed E-state index contributed by atoms with van der Waals surface area (Å²) < 4.78 is 0. The summed E-state index contributed by atoms with van der Waals surface area (Å²) in [4.78, 5) is 12.4. The molecular weight excluding hydrogens is 220 g/mol. The molecule has 88 valence electrons. The molecule has 2 aromatic carbocycles. The molecule has 1 heteroatoms. The fraction of sp³-hybridized carbons (Fsp3) is 0.235. The Kier molecular flexibility index (Phi) is 1.99. The predicted octanol–water partition coefficient (Wildman–Crippen LogP) is 3.58. The van der Waals surface area contributed by atoms with E-state index in [1.807, 2.05) is 18.2 Å². The van der Waals surface area contributed by atoms with Crippen LogP contribution in [0.3, 0.4) is 0 Å². The highest BCUT2D eigenvalue weighted by molar-refractivity contribution is 6.04. The molecule has 2 aliphatic rings. The molecule has 0 heterocycles. The van der Waals surface area contributed by atoms with Gasteiger partial charge in [0.15, 0.2) is 5.78 Å². The molecule has 4 rings (SSSR count). The number of carbonyl (C=O) groups is 1. The first kappa shape index (κ1) is 10.1. The maximum atomic E-state index is 12.4. The Hall–Kier alpha value is -1.89. The number of ketones is 1. The number of fused-ring (bicyclic) bond motifs is 5. The fourth-order valence-corrected chi connectivity index (χ4v) is 3.62. The molecule has 2 atom stereocenters. The second kappa shape index (κ2) is 3.55. The lowest BCUT2D eigenvalue weighted by atomic mass is 9.75. The molecule has 0 amide bonds. The third-order valence-corrected chi connectivity index (χ3v) is 4.42. The van der Waals surface area contributed by atoms with Gasteiger partial charge in [-0.15, -0.1) is 0 Å². The van der Waals surface area contributed by atoms with Gasteiger partial charge in [0.25, 0.3) is 0 Å². The van der Waals surface area contributed by atoms with Crippen molar-refractivity contribution < 1.29 is 4.79 Å². The highest BCUT2D eigenvalue weighted by atomic mass is 16.1. The minimum atomic E-state index is 0.178. The number of hydrogen-bond acceptors (Lipinski definition) is 1. The number of carbonyl (C=O) groups excluding carboxylic acids is 1. The molecule has 0 spiro atoms. The molecule has 0 radical (unpaired) electrons. The Balaban J connectivity index is 1.97. The van der Waals surface area contributed by atoms with Crippen molar-refractivity contribution in [2.75, 3.05) is 0 Å². The lowest BCUT2D eigenvalue weighted by Gasteiger charge is -2.27. The van der Waals surface area contributed by atoms with Gasteiger partial charge in [0.2, 0.25) is 0 Å². The van der Waals surface area contributed by atoms with E-state index in [9.17, 15) is 4.79 Å².